The van der Waals surface area contributed by atoms with Gasteiger partial charge in [-0.25, -0.2) is 0 Å². The van der Waals surface area contributed by atoms with E-state index in [2.05, 4.69) is 0 Å². The van der Waals surface area contributed by atoms with E-state index in [9.17, 15) is 0 Å². The molecule has 2 radical (unpaired) electrons. The first kappa shape index (κ1) is 32.3. The van der Waals surface area contributed by atoms with Gasteiger partial charge in [-0.05, 0) is 0 Å². The minimum absolute atomic E-state index is 0. The average molecular weight is 381 g/mol. The van der Waals surface area contributed by atoms with Crippen molar-refractivity contribution >= 4 is 76.2 Å². The maximum absolute atomic E-state index is 0. The molecule has 0 aromatic carbocycles. The standard InChI is InChI=1S/Ba.2H2O.Pb.2H/h;2*1H2;;;/q+2;;;;;/p-2. The van der Waals surface area contributed by atoms with Crippen molar-refractivity contribution in [1.29, 1.82) is 0 Å². The van der Waals surface area contributed by atoms with E-state index in [1.807, 2.05) is 0 Å². The van der Waals surface area contributed by atoms with Crippen molar-refractivity contribution in [2.24, 2.45) is 0 Å². The Kier molecular flexibility index (Phi) is 146. The van der Waals surface area contributed by atoms with E-state index in [0.29, 0.717) is 0 Å². The van der Waals surface area contributed by atoms with Crippen LogP contribution in [0.3, 0.4) is 0 Å². The molecule has 0 bridgehead atoms. The molecule has 0 aromatic rings. The third-order valence-electron chi connectivity index (χ3n) is 0. The molecule has 0 saturated carbocycles. The first-order valence-electron chi connectivity index (χ1n) is 0. The Morgan fingerprint density at radius 1 is 0.750 bits per heavy atom. The monoisotopic (exact) mass is 382 g/mol. The fourth-order valence-corrected chi connectivity index (χ4v) is 0. The summed E-state index contributed by atoms with van der Waals surface area (Å²) in [6, 6.07) is 0. The fraction of sp³-hybridized carbons (Fsp3) is 0. The van der Waals surface area contributed by atoms with Crippen molar-refractivity contribution in [2.75, 3.05) is 0 Å². The Morgan fingerprint density at radius 3 is 0.750 bits per heavy atom. The third kappa shape index (κ3) is 8.83. The van der Waals surface area contributed by atoms with Crippen LogP contribution in [0.4, 0.5) is 0 Å². The van der Waals surface area contributed by atoms with Gasteiger partial charge in [-0.2, -0.15) is 0 Å². The molecular weight excluding hydrogens is 377 g/mol. The van der Waals surface area contributed by atoms with E-state index in [0.717, 1.165) is 0 Å². The minimum atomic E-state index is 0. The molecule has 0 spiro atoms. The van der Waals surface area contributed by atoms with Gasteiger partial charge in [0.15, 0.2) is 0 Å². The molecule has 0 amide bonds. The van der Waals surface area contributed by atoms with E-state index < -0.39 is 0 Å². The van der Waals surface area contributed by atoms with Crippen molar-refractivity contribution in [1.82, 2.24) is 0 Å². The van der Waals surface area contributed by atoms with Crippen LogP contribution in [0, 0.1) is 0 Å². The van der Waals surface area contributed by atoms with Crippen LogP contribution < -0.4 is 0 Å². The topological polar surface area (TPSA) is 60.0 Å². The molecule has 0 heterocycles. The summed E-state index contributed by atoms with van der Waals surface area (Å²) in [6.45, 7) is 0. The van der Waals surface area contributed by atoms with Gasteiger partial charge in [0.2, 0.25) is 0 Å². The van der Waals surface area contributed by atoms with Crippen LogP contribution in [0.15, 0.2) is 0 Å². The molecule has 0 unspecified atom stereocenters. The first-order chi connectivity index (χ1) is 0. The van der Waals surface area contributed by atoms with Crippen molar-refractivity contribution in [3.05, 3.63) is 0 Å². The SMILES string of the molecule is [Ba+2].[OH-].[OH-].[PbH2]. The predicted octanol–water partition coefficient (Wildman–Crippen LogP) is -1.65. The summed E-state index contributed by atoms with van der Waals surface area (Å²) in [7, 11) is 0. The summed E-state index contributed by atoms with van der Waals surface area (Å²) in [5.74, 6) is 0. The normalized spacial score (nSPS) is 0. The van der Waals surface area contributed by atoms with Gasteiger partial charge in [0.1, 0.15) is 0 Å². The van der Waals surface area contributed by atoms with Gasteiger partial charge in [0.05, 0.1) is 0 Å². The van der Waals surface area contributed by atoms with Crippen molar-refractivity contribution in [2.45, 2.75) is 0 Å². The molecular formula is H4BaO2Pb. The zero-order valence-electron chi connectivity index (χ0n) is 2.31. The zero-order chi connectivity index (χ0) is 0. The van der Waals surface area contributed by atoms with Crippen molar-refractivity contribution in [3.8, 4) is 0 Å². The molecule has 4 heteroatoms. The van der Waals surface area contributed by atoms with Crippen LogP contribution in [0.25, 0.3) is 0 Å². The Morgan fingerprint density at radius 2 is 0.750 bits per heavy atom. The number of hydrogen-bond acceptors (Lipinski definition) is 2. The first-order valence-corrected chi connectivity index (χ1v) is 0. The van der Waals surface area contributed by atoms with Crippen molar-refractivity contribution < 1.29 is 11.0 Å². The van der Waals surface area contributed by atoms with Gasteiger partial charge in [0.25, 0.3) is 0 Å². The predicted molar refractivity (Wildman–Crippen MR) is 18.2 cm³/mol. The molecule has 0 rings (SSSR count). The Labute approximate surface area is 85.2 Å². The molecule has 0 aliphatic carbocycles. The van der Waals surface area contributed by atoms with Crippen LogP contribution in [0.1, 0.15) is 0 Å². The van der Waals surface area contributed by atoms with Gasteiger partial charge in [-0.1, -0.05) is 0 Å². The molecule has 2 nitrogen and oxygen atoms in total. The molecule has 4 heavy (non-hydrogen) atoms. The summed E-state index contributed by atoms with van der Waals surface area (Å²) in [6.07, 6.45) is 0. The Balaban J connectivity index is 0. The second kappa shape index (κ2) is 18.1. The maximum atomic E-state index is 0. The van der Waals surface area contributed by atoms with Crippen LogP contribution in [0.5, 0.6) is 0 Å². The Hall–Kier alpha value is 2.41. The van der Waals surface area contributed by atoms with Gasteiger partial charge in [0, 0.05) is 0 Å². The van der Waals surface area contributed by atoms with Crippen LogP contribution in [0.2, 0.25) is 0 Å². The molecule has 0 fully saturated rings. The fourth-order valence-electron chi connectivity index (χ4n) is 0. The van der Waals surface area contributed by atoms with Crippen LogP contribution >= 0.6 is 0 Å². The summed E-state index contributed by atoms with van der Waals surface area (Å²) in [5.41, 5.74) is 0. The summed E-state index contributed by atoms with van der Waals surface area (Å²) in [4.78, 5) is 0. The van der Waals surface area contributed by atoms with E-state index in [-0.39, 0.29) is 87.1 Å². The second-order valence-corrected chi connectivity index (χ2v) is 0. The van der Waals surface area contributed by atoms with Crippen LogP contribution in [-0.2, 0) is 0 Å². The van der Waals surface area contributed by atoms with Crippen LogP contribution in [-0.4, -0.2) is 87.1 Å². The molecule has 0 aromatic heterocycles. The number of rotatable bonds is 0. The molecule has 0 atom stereocenters. The van der Waals surface area contributed by atoms with E-state index >= 15 is 0 Å². The quantitative estimate of drug-likeness (QED) is 0.473. The molecule has 0 aliphatic heterocycles. The van der Waals surface area contributed by atoms with Crippen molar-refractivity contribution in [3.63, 3.8) is 0 Å². The molecule has 0 aliphatic rings. The summed E-state index contributed by atoms with van der Waals surface area (Å²) >= 11 is 0. The zero-order valence-corrected chi connectivity index (χ0v) is 12.2. The summed E-state index contributed by atoms with van der Waals surface area (Å²) in [5, 5.41) is 0. The Bertz CT molecular complexity index is 6.00. The van der Waals surface area contributed by atoms with Gasteiger partial charge >= 0.3 is 76.2 Å². The average Bonchev–Trinajstić information content (AvgIpc) is 0. The van der Waals surface area contributed by atoms with E-state index in [4.69, 9.17) is 0 Å². The van der Waals surface area contributed by atoms with E-state index in [1.165, 1.54) is 0 Å². The molecule has 2 N–H and O–H groups in total. The number of hydrogen-bond donors (Lipinski definition) is 0. The summed E-state index contributed by atoms with van der Waals surface area (Å²) < 4.78 is 0. The molecule has 0 saturated heterocycles. The van der Waals surface area contributed by atoms with E-state index in [1.54, 1.807) is 0 Å². The second-order valence-electron chi connectivity index (χ2n) is 0. The van der Waals surface area contributed by atoms with Gasteiger partial charge in [-0.3, -0.25) is 0 Å². The van der Waals surface area contributed by atoms with Gasteiger partial charge in [-0.15, -0.1) is 0 Å². The molecule has 22 valence electrons. The van der Waals surface area contributed by atoms with Gasteiger partial charge < -0.3 is 11.0 Å². The third-order valence-corrected chi connectivity index (χ3v) is 0.